The molecule has 8 aromatic rings. The van der Waals surface area contributed by atoms with Crippen molar-refractivity contribution in [1.29, 1.82) is 0 Å². The first kappa shape index (κ1) is 80.0. The number of likely N-dealkylation sites (N-methyl/N-ethyl adjacent to an activating group) is 1. The van der Waals surface area contributed by atoms with Gasteiger partial charge in [-0.05, 0) is 147 Å². The van der Waals surface area contributed by atoms with Crippen LogP contribution in [0.4, 0.5) is 24.5 Å². The predicted octanol–water partition coefficient (Wildman–Crippen LogP) is 10.9. The molecule has 0 radical (unpaired) electrons. The molecule has 2 N–H and O–H groups in total. The van der Waals surface area contributed by atoms with Gasteiger partial charge in [0.25, 0.3) is 15.2 Å². The van der Waals surface area contributed by atoms with Gasteiger partial charge in [-0.15, -0.1) is 30.6 Å². The van der Waals surface area contributed by atoms with Crippen molar-refractivity contribution in [2.24, 2.45) is 0 Å². The zero-order valence-electron chi connectivity index (χ0n) is 55.0. The highest BCUT2D eigenvalue weighted by Gasteiger charge is 2.32. The fraction of sp³-hybridized carbons (Fsp3) is 0.333. The third-order valence-corrected chi connectivity index (χ3v) is 17.3. The van der Waals surface area contributed by atoms with E-state index in [1.165, 1.54) is 66.3 Å². The maximum absolute atomic E-state index is 13.3. The highest BCUT2D eigenvalue weighted by molar-refractivity contribution is 7.92. The maximum atomic E-state index is 13.3. The van der Waals surface area contributed by atoms with E-state index < -0.39 is 38.2 Å². The van der Waals surface area contributed by atoms with Crippen LogP contribution in [0.25, 0.3) is 33.2 Å². The number of nitrogens with zero attached hydrogens (tertiary/aromatic N) is 6. The lowest BCUT2D eigenvalue weighted by atomic mass is 9.84. The highest BCUT2D eigenvalue weighted by Crippen LogP contribution is 2.33. The van der Waals surface area contributed by atoms with Crippen LogP contribution < -0.4 is 32.9 Å². The van der Waals surface area contributed by atoms with Crippen LogP contribution in [0.2, 0.25) is 0 Å². The number of benzene rings is 3. The fourth-order valence-corrected chi connectivity index (χ4v) is 11.9. The summed E-state index contributed by atoms with van der Waals surface area (Å²) in [4.78, 5) is 2.42. The van der Waals surface area contributed by atoms with Crippen molar-refractivity contribution in [3.63, 3.8) is 0 Å². The van der Waals surface area contributed by atoms with Crippen LogP contribution in [0.1, 0.15) is 95.9 Å². The molecule has 5 aromatic heterocycles. The molecule has 1 atom stereocenters. The number of halogens is 3. The van der Waals surface area contributed by atoms with E-state index in [0.717, 1.165) is 79.6 Å². The van der Waals surface area contributed by atoms with Crippen molar-refractivity contribution in [3.8, 4) is 59.3 Å². The van der Waals surface area contributed by atoms with Crippen LogP contribution in [0.15, 0.2) is 181 Å². The zero-order chi connectivity index (χ0) is 70.6. The second kappa shape index (κ2) is 42.2. The van der Waals surface area contributed by atoms with Crippen LogP contribution in [0.5, 0.6) is 0 Å². The quantitative estimate of drug-likeness (QED) is 0.0226. The van der Waals surface area contributed by atoms with Crippen LogP contribution in [-0.2, 0) is 75.4 Å². The predicted molar refractivity (Wildman–Crippen MR) is 370 cm³/mol. The molecular formula is C72H85F3N8O9S4+2. The summed E-state index contributed by atoms with van der Waals surface area (Å²) < 4.78 is 131. The van der Waals surface area contributed by atoms with Crippen LogP contribution in [0.3, 0.4) is 0 Å². The topological polar surface area (TPSA) is 210 Å². The molecule has 5 heterocycles. The molecule has 1 unspecified atom stereocenters. The number of sulfonamides is 1. The van der Waals surface area contributed by atoms with Gasteiger partial charge in [-0.3, -0.25) is 8.93 Å². The molecule has 1 aliphatic carbocycles. The number of aromatic nitrogens is 5. The van der Waals surface area contributed by atoms with Gasteiger partial charge in [0.1, 0.15) is 23.2 Å². The number of unbranched alkanes of at least 4 members (excludes halogenated alkanes) is 2. The highest BCUT2D eigenvalue weighted by atomic mass is 32.2. The van der Waals surface area contributed by atoms with Gasteiger partial charge >= 0.3 is 6.68 Å². The van der Waals surface area contributed by atoms with E-state index in [1.807, 2.05) is 59.9 Å². The van der Waals surface area contributed by atoms with E-state index in [2.05, 4.69) is 153 Å². The molecule has 9 rings (SSSR count). The summed E-state index contributed by atoms with van der Waals surface area (Å²) in [6.45, 7) is 16.2. The summed E-state index contributed by atoms with van der Waals surface area (Å²) in [7, 11) is -8.11. The van der Waals surface area contributed by atoms with E-state index in [0.29, 0.717) is 43.5 Å². The number of fused-ring (bicyclic) bond motifs is 2. The summed E-state index contributed by atoms with van der Waals surface area (Å²) in [5.74, 6) is 8.47. The van der Waals surface area contributed by atoms with Gasteiger partial charge in [0.05, 0.1) is 22.3 Å². The summed E-state index contributed by atoms with van der Waals surface area (Å²) in [6.07, 6.45) is 41.3. The Labute approximate surface area is 573 Å². The Morgan fingerprint density at radius 2 is 1.14 bits per heavy atom. The first-order valence-corrected chi connectivity index (χ1v) is 35.5. The standard InChI is InChI=1S/C30H36N4O3S2.C18H26N2.C16H14N2.C7H8O3S.CHF3.H2O3S/c1-5-17-34-28-16-15-26(32-39(35,36)27-14-10-13-25(20-27)31-30(38)37-8-4)19-24(28)18-22-11-9-12-23(29(22)34)21-33(6-2)7-3;1-3-5-11-19-13-7-17(8-14-19)18-9-15-20(16-10-18)12-6-4-2;1-3-9-17-11-5-15(6-12-17)16-7-13-18(10-4-2)14-8-16;1-6-2-4-7(5-3-6)11(8,9)10;2-1(3)4;1-4(2)3/h1,10,13-16,18-20,23,32H,6-9,11-12,17,21H2,2-4H3;7-10,13-16H,3-6,11-12H2,1-2H3;1-2,5-8,11-14H,9-10H2;2-5H,1H3,(H,8,9,10);1H;(H2,1,2,3)/q;2*+2;;;/p-2. The van der Waals surface area contributed by atoms with E-state index in [1.54, 1.807) is 36.4 Å². The molecule has 0 saturated carbocycles. The van der Waals surface area contributed by atoms with Crippen LogP contribution in [0, 0.1) is 44.0 Å². The lowest BCUT2D eigenvalue weighted by molar-refractivity contribution is -0.697. The summed E-state index contributed by atoms with van der Waals surface area (Å²) in [5, 5.41) is 4.06. The van der Waals surface area contributed by atoms with Gasteiger partial charge in [0.15, 0.2) is 55.3 Å². The van der Waals surface area contributed by atoms with Crippen LogP contribution in [-0.4, -0.2) is 77.7 Å². The second-order valence-corrected chi connectivity index (χ2v) is 25.5. The first-order chi connectivity index (χ1) is 45.9. The Bertz CT molecular complexity index is 3980. The molecule has 24 heteroatoms. The number of aryl methyl sites for hydroxylation is 4. The minimum absolute atomic E-state index is 0.124. The number of hydrogen-bond donors (Lipinski definition) is 2. The normalized spacial score (nSPS) is 12.1. The largest absolute Gasteiger partial charge is 0.784 e. The Hall–Kier alpha value is -8.48. The van der Waals surface area contributed by atoms with Gasteiger partial charge in [0, 0.05) is 96.3 Å². The minimum atomic E-state index is -4.27. The third-order valence-electron chi connectivity index (χ3n) is 14.8. The number of rotatable bonds is 21. The molecule has 17 nitrogen and oxygen atoms in total. The zero-order valence-corrected chi connectivity index (χ0v) is 58.3. The van der Waals surface area contributed by atoms with Crippen molar-refractivity contribution >= 4 is 71.2 Å². The number of anilines is 2. The number of terminal acetylenes is 3. The number of alkyl halides is 3. The number of nitrogens with one attached hydrogen (secondary N) is 2. The Morgan fingerprint density at radius 1 is 0.667 bits per heavy atom. The SMILES string of the molecule is C#CC[n+]1c2c(cc3cc(NS(=O)(=O)c4cccc(NC(=S)OCC)c4)ccc31)CCCC2CN(CC)CC.C#CC[n+]1ccc(-c2cc[n+](CC#C)cc2)cc1.CCCC[n+]1ccc(-c2cc[n+](CCCC)cc2)cc1.Cc1ccc(S(=O)(=O)[O-])cc1.FC(F)F.O=S([O-])[O-]. The molecule has 0 saturated heterocycles. The molecule has 3 aromatic carbocycles. The van der Waals surface area contributed by atoms with Crippen LogP contribution >= 0.6 is 12.2 Å². The van der Waals surface area contributed by atoms with Crippen molar-refractivity contribution in [1.82, 2.24) is 4.90 Å². The molecule has 510 valence electrons. The van der Waals surface area contributed by atoms with E-state index in [-0.39, 0.29) is 15.0 Å². The van der Waals surface area contributed by atoms with Crippen molar-refractivity contribution in [2.45, 2.75) is 142 Å². The van der Waals surface area contributed by atoms with Crippen molar-refractivity contribution in [3.05, 3.63) is 188 Å². The molecular weight excluding hydrogens is 1310 g/mol. The minimum Gasteiger partial charge on any atom is -0.784 e. The summed E-state index contributed by atoms with van der Waals surface area (Å²) in [6, 6.07) is 37.2. The molecule has 0 amide bonds. The van der Waals surface area contributed by atoms with E-state index in [4.69, 9.17) is 49.5 Å². The fourth-order valence-electron chi connectivity index (χ4n) is 10.1. The monoisotopic (exact) mass is 1390 g/mol. The van der Waals surface area contributed by atoms with Gasteiger partial charge in [0.2, 0.25) is 25.2 Å². The number of pyridine rings is 5. The average molecular weight is 1390 g/mol. The number of ether oxygens (including phenoxy) is 1. The molecule has 0 spiro atoms. The first-order valence-electron chi connectivity index (χ1n) is 31.2. The van der Waals surface area contributed by atoms with E-state index >= 15 is 0 Å². The molecule has 96 heavy (non-hydrogen) atoms. The number of thiocarbonyl (C=S) groups is 1. The second-order valence-electron chi connectivity index (χ2n) is 21.7. The Balaban J connectivity index is 0.000000287. The third kappa shape index (κ3) is 28.1. The number of hydrogen-bond acceptors (Lipinski definition) is 11. The molecule has 1 aliphatic rings. The lowest BCUT2D eigenvalue weighted by Gasteiger charge is -2.28. The van der Waals surface area contributed by atoms with Gasteiger partial charge < -0.3 is 28.6 Å². The molecule has 0 aliphatic heterocycles. The molecule has 0 fully saturated rings. The lowest BCUT2D eigenvalue weighted by Crippen LogP contribution is -2.44. The van der Waals surface area contributed by atoms with Gasteiger partial charge in [-0.25, -0.2) is 26.0 Å². The Kier molecular flexibility index (Phi) is 35.1. The van der Waals surface area contributed by atoms with E-state index in [9.17, 15) is 34.6 Å². The van der Waals surface area contributed by atoms with Crippen molar-refractivity contribution in [2.75, 3.05) is 36.3 Å². The van der Waals surface area contributed by atoms with Crippen molar-refractivity contribution < 1.29 is 75.4 Å². The Morgan fingerprint density at radius 3 is 1.56 bits per heavy atom. The molecule has 0 bridgehead atoms. The average Bonchev–Trinajstić information content (AvgIpc) is 0.759. The summed E-state index contributed by atoms with van der Waals surface area (Å²) >= 11 is 2.01. The van der Waals surface area contributed by atoms with Gasteiger partial charge in [-0.2, -0.15) is 26.9 Å². The summed E-state index contributed by atoms with van der Waals surface area (Å²) in [5.41, 5.74) is 10.5. The van der Waals surface area contributed by atoms with Gasteiger partial charge in [-0.1, -0.05) is 64.3 Å². The smallest absolute Gasteiger partial charge is 0.379 e. The maximum Gasteiger partial charge on any atom is 0.379 e.